The molecule has 0 saturated heterocycles. The van der Waals surface area contributed by atoms with Gasteiger partial charge in [-0.05, 0) is 23.1 Å². The molecule has 0 atom stereocenters. The van der Waals surface area contributed by atoms with Crippen molar-refractivity contribution >= 4 is 11.3 Å². The molecule has 0 aromatic carbocycles. The first-order valence-electron chi connectivity index (χ1n) is 5.56. The molecule has 92 valence electrons. The van der Waals surface area contributed by atoms with Crippen LogP contribution >= 0.6 is 11.3 Å². The lowest BCUT2D eigenvalue weighted by Gasteiger charge is -1.93. The number of nitrogens with zero attached hydrogens (tertiary/aromatic N) is 4. The number of pyridine rings is 1. The molecule has 19 heavy (non-hydrogen) atoms. The molecule has 0 amide bonds. The minimum Gasteiger partial charge on any atom is -0.333 e. The SMILES string of the molecule is N#Cc1ccsc1-c1nc(Cc2cccnc2)no1. The third-order valence-corrected chi connectivity index (χ3v) is 3.44. The molecule has 0 radical (unpaired) electrons. The number of hydrogen-bond acceptors (Lipinski definition) is 6. The van der Waals surface area contributed by atoms with Crippen molar-refractivity contribution in [1.29, 1.82) is 5.26 Å². The summed E-state index contributed by atoms with van der Waals surface area (Å²) in [7, 11) is 0. The summed E-state index contributed by atoms with van der Waals surface area (Å²) < 4.78 is 5.20. The van der Waals surface area contributed by atoms with Crippen LogP contribution in [0.25, 0.3) is 10.8 Å². The molecule has 0 N–H and O–H groups in total. The van der Waals surface area contributed by atoms with Gasteiger partial charge in [-0.1, -0.05) is 11.2 Å². The topological polar surface area (TPSA) is 75.6 Å². The lowest BCUT2D eigenvalue weighted by Crippen LogP contribution is -1.91. The molecule has 0 unspecified atom stereocenters. The second-order valence-electron chi connectivity index (χ2n) is 3.83. The Labute approximate surface area is 113 Å². The molecule has 3 heterocycles. The lowest BCUT2D eigenvalue weighted by molar-refractivity contribution is 0.424. The predicted molar refractivity (Wildman–Crippen MR) is 69.4 cm³/mol. The Morgan fingerprint density at radius 2 is 2.32 bits per heavy atom. The van der Waals surface area contributed by atoms with Crippen LogP contribution in [-0.2, 0) is 6.42 Å². The van der Waals surface area contributed by atoms with E-state index in [0.29, 0.717) is 28.6 Å². The normalized spacial score (nSPS) is 10.3. The summed E-state index contributed by atoms with van der Waals surface area (Å²) in [5.41, 5.74) is 1.57. The van der Waals surface area contributed by atoms with Gasteiger partial charge in [-0.15, -0.1) is 11.3 Å². The van der Waals surface area contributed by atoms with Gasteiger partial charge in [-0.3, -0.25) is 4.98 Å². The first kappa shape index (κ1) is 11.6. The van der Waals surface area contributed by atoms with Crippen molar-refractivity contribution in [2.24, 2.45) is 0 Å². The van der Waals surface area contributed by atoms with Gasteiger partial charge in [0.15, 0.2) is 5.82 Å². The van der Waals surface area contributed by atoms with E-state index in [-0.39, 0.29) is 0 Å². The van der Waals surface area contributed by atoms with E-state index in [2.05, 4.69) is 21.2 Å². The van der Waals surface area contributed by atoms with Gasteiger partial charge in [-0.2, -0.15) is 10.2 Å². The van der Waals surface area contributed by atoms with Crippen molar-refractivity contribution in [3.05, 3.63) is 52.9 Å². The fraction of sp³-hybridized carbons (Fsp3) is 0.0769. The van der Waals surface area contributed by atoms with Crippen LogP contribution in [0.1, 0.15) is 17.0 Å². The Kier molecular flexibility index (Phi) is 3.04. The molecule has 0 saturated carbocycles. The molecule has 0 aliphatic heterocycles. The molecule has 5 nitrogen and oxygen atoms in total. The van der Waals surface area contributed by atoms with Crippen LogP contribution in [0.5, 0.6) is 0 Å². The van der Waals surface area contributed by atoms with E-state index in [1.807, 2.05) is 17.5 Å². The predicted octanol–water partition coefficient (Wildman–Crippen LogP) is 2.66. The summed E-state index contributed by atoms with van der Waals surface area (Å²) >= 11 is 1.42. The first-order chi connectivity index (χ1) is 9.36. The summed E-state index contributed by atoms with van der Waals surface area (Å²) in [5.74, 6) is 0.978. The molecular weight excluding hydrogens is 260 g/mol. The zero-order valence-electron chi connectivity index (χ0n) is 9.78. The fourth-order valence-electron chi connectivity index (χ4n) is 1.67. The van der Waals surface area contributed by atoms with Crippen LogP contribution in [0.4, 0.5) is 0 Å². The third kappa shape index (κ3) is 2.37. The van der Waals surface area contributed by atoms with Gasteiger partial charge >= 0.3 is 0 Å². The van der Waals surface area contributed by atoms with Crippen LogP contribution in [0.15, 0.2) is 40.5 Å². The van der Waals surface area contributed by atoms with E-state index in [1.54, 1.807) is 18.5 Å². The molecule has 3 aromatic heterocycles. The van der Waals surface area contributed by atoms with Crippen molar-refractivity contribution in [3.8, 4) is 16.8 Å². The molecular formula is C13H8N4OS. The maximum atomic E-state index is 8.97. The highest BCUT2D eigenvalue weighted by molar-refractivity contribution is 7.13. The van der Waals surface area contributed by atoms with Crippen LogP contribution in [0.3, 0.4) is 0 Å². The van der Waals surface area contributed by atoms with Crippen molar-refractivity contribution in [3.63, 3.8) is 0 Å². The van der Waals surface area contributed by atoms with Gasteiger partial charge in [0.1, 0.15) is 10.9 Å². The van der Waals surface area contributed by atoms with Crippen molar-refractivity contribution in [2.45, 2.75) is 6.42 Å². The Balaban J connectivity index is 1.86. The molecule has 3 aromatic rings. The van der Waals surface area contributed by atoms with Gasteiger partial charge in [0, 0.05) is 18.8 Å². The molecule has 0 bridgehead atoms. The van der Waals surface area contributed by atoms with E-state index < -0.39 is 0 Å². The Hall–Kier alpha value is -2.52. The van der Waals surface area contributed by atoms with E-state index in [1.165, 1.54) is 11.3 Å². The maximum Gasteiger partial charge on any atom is 0.269 e. The molecule has 3 rings (SSSR count). The average Bonchev–Trinajstić information content (AvgIpc) is 3.07. The van der Waals surface area contributed by atoms with Gasteiger partial charge < -0.3 is 4.52 Å². The molecule has 6 heteroatoms. The van der Waals surface area contributed by atoms with E-state index in [9.17, 15) is 0 Å². The van der Waals surface area contributed by atoms with Crippen LogP contribution in [-0.4, -0.2) is 15.1 Å². The van der Waals surface area contributed by atoms with E-state index in [0.717, 1.165) is 5.56 Å². The smallest absolute Gasteiger partial charge is 0.269 e. The van der Waals surface area contributed by atoms with Crippen LogP contribution in [0, 0.1) is 11.3 Å². The van der Waals surface area contributed by atoms with Crippen molar-refractivity contribution in [1.82, 2.24) is 15.1 Å². The van der Waals surface area contributed by atoms with Crippen molar-refractivity contribution < 1.29 is 4.52 Å². The number of rotatable bonds is 3. The zero-order chi connectivity index (χ0) is 13.1. The highest BCUT2D eigenvalue weighted by Gasteiger charge is 2.14. The largest absolute Gasteiger partial charge is 0.333 e. The van der Waals surface area contributed by atoms with Gasteiger partial charge in [0.25, 0.3) is 5.89 Å². The van der Waals surface area contributed by atoms with Crippen LogP contribution in [0.2, 0.25) is 0 Å². The highest BCUT2D eigenvalue weighted by Crippen LogP contribution is 2.27. The number of hydrogen-bond donors (Lipinski definition) is 0. The molecule has 0 aliphatic rings. The minimum absolute atomic E-state index is 0.394. The van der Waals surface area contributed by atoms with E-state index in [4.69, 9.17) is 9.78 Å². The third-order valence-electron chi connectivity index (χ3n) is 2.53. The highest BCUT2D eigenvalue weighted by atomic mass is 32.1. The number of thiophene rings is 1. The Bertz CT molecular complexity index is 726. The lowest BCUT2D eigenvalue weighted by atomic mass is 10.2. The Morgan fingerprint density at radius 3 is 3.11 bits per heavy atom. The molecule has 0 spiro atoms. The summed E-state index contributed by atoms with van der Waals surface area (Å²) in [5, 5.41) is 14.7. The van der Waals surface area contributed by atoms with Crippen molar-refractivity contribution in [2.75, 3.05) is 0 Å². The minimum atomic E-state index is 0.394. The zero-order valence-corrected chi connectivity index (χ0v) is 10.6. The summed E-state index contributed by atoms with van der Waals surface area (Å²) in [6.45, 7) is 0. The van der Waals surface area contributed by atoms with Gasteiger partial charge in [-0.25, -0.2) is 0 Å². The standard InChI is InChI=1S/C13H8N4OS/c14-7-10-3-5-19-12(10)13-16-11(17-18-13)6-9-2-1-4-15-8-9/h1-5,8H,6H2. The summed E-state index contributed by atoms with van der Waals surface area (Å²) in [6.07, 6.45) is 4.04. The second-order valence-corrected chi connectivity index (χ2v) is 4.75. The average molecular weight is 268 g/mol. The number of nitriles is 1. The molecule has 0 fully saturated rings. The Morgan fingerprint density at radius 1 is 1.37 bits per heavy atom. The quantitative estimate of drug-likeness (QED) is 0.730. The second kappa shape index (κ2) is 5.00. The monoisotopic (exact) mass is 268 g/mol. The summed E-state index contributed by atoms with van der Waals surface area (Å²) in [6, 6.07) is 7.66. The maximum absolute atomic E-state index is 8.97. The first-order valence-corrected chi connectivity index (χ1v) is 6.44. The fourth-order valence-corrected chi connectivity index (χ4v) is 2.43. The van der Waals surface area contributed by atoms with Gasteiger partial charge in [0.05, 0.1) is 5.56 Å². The van der Waals surface area contributed by atoms with Crippen LogP contribution < -0.4 is 0 Å². The number of aromatic nitrogens is 3. The van der Waals surface area contributed by atoms with Gasteiger partial charge in [0.2, 0.25) is 0 Å². The summed E-state index contributed by atoms with van der Waals surface area (Å²) in [4.78, 5) is 9.06. The molecule has 0 aliphatic carbocycles. The van der Waals surface area contributed by atoms with E-state index >= 15 is 0 Å².